The smallest absolute Gasteiger partial charge is 0.431 e. The maximum absolute atomic E-state index is 12.2. The Bertz CT molecular complexity index is 5850. The van der Waals surface area contributed by atoms with Gasteiger partial charge in [0.15, 0.2) is 5.78 Å². The van der Waals surface area contributed by atoms with Crippen LogP contribution in [0.2, 0.25) is 0 Å². The van der Waals surface area contributed by atoms with Crippen LogP contribution in [0.15, 0.2) is 352 Å². The zero-order valence-corrected chi connectivity index (χ0v) is 88.4. The molecule has 23 heteroatoms. The summed E-state index contributed by atoms with van der Waals surface area (Å²) in [6.07, 6.45) is 7.25. The van der Waals surface area contributed by atoms with Crippen LogP contribution < -0.4 is 15.5 Å². The van der Waals surface area contributed by atoms with Gasteiger partial charge in [0.1, 0.15) is 5.69 Å². The summed E-state index contributed by atoms with van der Waals surface area (Å²) in [6, 6.07) is 115. The molecule has 128 heavy (non-hydrogen) atoms. The van der Waals surface area contributed by atoms with E-state index in [1.807, 2.05) is 189 Å². The molecule has 13 nitrogen and oxygen atoms in total. The molecule has 0 fully saturated rings. The fourth-order valence-corrected chi connectivity index (χ4v) is 12.1. The molecule has 0 aliphatic carbocycles. The quantitative estimate of drug-likeness (QED) is 0.0592. The number of benzene rings is 8. The topological polar surface area (TPSA) is 182 Å². The Balaban J connectivity index is 0.000000483. The minimum atomic E-state index is -4.46. The number of carbonyl (C=O) groups excluding carboxylic acids is 1. The molecule has 0 saturated heterocycles. The van der Waals surface area contributed by atoms with Crippen molar-refractivity contribution >= 4 is 29.9 Å². The third-order valence-electron chi connectivity index (χ3n) is 17.2. The van der Waals surface area contributed by atoms with E-state index in [0.717, 1.165) is 85.0 Å². The average Bonchev–Trinajstić information content (AvgIpc) is 0.997. The van der Waals surface area contributed by atoms with Gasteiger partial charge in [-0.05, 0) is 167 Å². The monoisotopic (exact) mass is 2790 g/mol. The summed E-state index contributed by atoms with van der Waals surface area (Å²) in [7, 11) is -0.212. The molecule has 8 aromatic carbocycles. The van der Waals surface area contributed by atoms with E-state index in [1.54, 1.807) is 30.6 Å². The molecule has 5 radical (unpaired) electrons. The molecule has 0 aliphatic rings. The number of carbonyl (C=O) groups is 1. The number of aliphatic hydroxyl groups excluding tert-OH is 1. The van der Waals surface area contributed by atoms with Crippen LogP contribution in [0, 0.1) is 84.7 Å². The van der Waals surface area contributed by atoms with Gasteiger partial charge in [-0.3, -0.25) is 19.7 Å². The summed E-state index contributed by atoms with van der Waals surface area (Å²) in [5, 5.41) is 25.4. The summed E-state index contributed by atoms with van der Waals surface area (Å²) in [6.45, 7) is 26.0. The number of nitrogens with zero attached hydrogens (tertiary/aromatic N) is 11. The van der Waals surface area contributed by atoms with E-state index in [-0.39, 0.29) is 145 Å². The number of hydrogen-bond acceptors (Lipinski definition) is 11. The molecular weight excluding hydrogens is 2690 g/mol. The Labute approximate surface area is 834 Å². The van der Waals surface area contributed by atoms with Gasteiger partial charge in [0, 0.05) is 189 Å². The number of ketones is 1. The molecule has 17 rings (SSSR count). The number of aryl methyl sites for hydroxylation is 7. The van der Waals surface area contributed by atoms with Crippen molar-refractivity contribution in [3.8, 4) is 79.1 Å². The van der Waals surface area contributed by atoms with E-state index in [0.29, 0.717) is 5.69 Å². The van der Waals surface area contributed by atoms with Crippen LogP contribution in [0.1, 0.15) is 78.0 Å². The van der Waals surface area contributed by atoms with Gasteiger partial charge in [0.25, 0.3) is 0 Å². The number of hydrogen-bond donors (Lipinski definition) is 1. The second-order valence-electron chi connectivity index (χ2n) is 28.1. The van der Waals surface area contributed by atoms with Gasteiger partial charge in [0.05, 0.1) is 29.9 Å². The first-order chi connectivity index (χ1) is 58.9. The second kappa shape index (κ2) is 62.0. The fourth-order valence-electron chi connectivity index (χ4n) is 11.2. The van der Waals surface area contributed by atoms with Crippen LogP contribution in [-0.4, -0.2) is 69.3 Å². The Morgan fingerprint density at radius 1 is 0.406 bits per heavy atom. The van der Waals surface area contributed by atoms with Gasteiger partial charge in [-0.1, -0.05) is 146 Å². The molecule has 17 aromatic rings. The summed E-state index contributed by atoms with van der Waals surface area (Å²) >= 11 is 0. The summed E-state index contributed by atoms with van der Waals surface area (Å²) in [5.74, 6) is 1.31. The van der Waals surface area contributed by atoms with Crippen molar-refractivity contribution in [2.45, 2.75) is 82.3 Å². The number of fused-ring (bicyclic) bond motifs is 1. The first kappa shape index (κ1) is 114. The molecule has 0 atom stereocenters. The van der Waals surface area contributed by atoms with Gasteiger partial charge in [0.2, 0.25) is 0 Å². The van der Waals surface area contributed by atoms with Crippen molar-refractivity contribution in [2.75, 3.05) is 13.3 Å². The second-order valence-corrected chi connectivity index (χ2v) is 30.7. The van der Waals surface area contributed by atoms with Crippen molar-refractivity contribution < 1.29 is 143 Å². The summed E-state index contributed by atoms with van der Waals surface area (Å²) < 4.78 is 36.6. The molecule has 9 heterocycles. The molecule has 671 valence electrons. The normalized spacial score (nSPS) is 9.84. The third-order valence-corrected chi connectivity index (χ3v) is 18.7. The molecule has 9 aromatic heterocycles. The van der Waals surface area contributed by atoms with Crippen LogP contribution in [0.4, 0.5) is 13.2 Å². The van der Waals surface area contributed by atoms with E-state index in [9.17, 15) is 18.0 Å². The molecule has 0 aliphatic heterocycles. The molecule has 0 saturated carbocycles. The number of aliphatic hydroxyl groups is 1. The molecule has 0 bridgehead atoms. The Kier molecular flexibility index (Phi) is 55.1. The Morgan fingerprint density at radius 3 is 1.30 bits per heavy atom. The average molecular weight is 2790 g/mol. The van der Waals surface area contributed by atoms with Crippen molar-refractivity contribution in [2.24, 2.45) is 0 Å². The number of rotatable bonds is 10. The SMILES string of the molecule is CC(=O)C=C(C)O.C[C-](C)c1ccccc1.C[PH+](C)c1ccccc1.Cc1cc(-c2ccccn2)[n-]n1.Cc1cc[c-]c(-c2ccc3ccc(C)cc3n2)c1.Cc1cccnc1-c1[c-]cccc1.Cc1ccnc(-c2[c-]cccc2)c1.Cc1cnc(-c2[c-]cccc2)c(C)c1.FC(F)(F)c1cc(-c2ccccn2)[n-]n1.[Ir].[Ir].[Ir].[Ir].[Ir].[Os].[c-]1ccccc1-c1ccccn1. The minimum Gasteiger partial charge on any atom is -0.574 e. The van der Waals surface area contributed by atoms with Gasteiger partial charge in [-0.25, -0.2) is 0 Å². The van der Waals surface area contributed by atoms with Crippen molar-refractivity contribution in [1.82, 2.24) is 55.3 Å². The van der Waals surface area contributed by atoms with Gasteiger partial charge < -0.3 is 45.4 Å². The van der Waals surface area contributed by atoms with Gasteiger partial charge >= 0.3 is 6.18 Å². The number of halogens is 3. The molecule has 0 unspecified atom stereocenters. The zero-order chi connectivity index (χ0) is 87.4. The predicted octanol–water partition coefficient (Wildman–Crippen LogP) is 24.7. The zero-order valence-electron chi connectivity index (χ0n) is 72.8. The van der Waals surface area contributed by atoms with Gasteiger partial charge in [-0.15, -0.1) is 191 Å². The van der Waals surface area contributed by atoms with Crippen molar-refractivity contribution in [3.63, 3.8) is 0 Å². The predicted molar refractivity (Wildman–Crippen MR) is 493 cm³/mol. The standard InChI is InChI=1S/C17H14N.C13H12N.2C12H10N.C11H8N.C9H5F3N3.C9H8N3.C9H11.C8H11P.C5H8O2.5Ir.Os/c1-12-4-3-5-15(10-12)16-9-8-14-7-6-13(2)11-17(14)18-16;1-10-8-11(2)13(14-9-10)12-6-4-3-5-7-12;1-10-6-5-9-13-12(10)11-7-3-2-4-8-11;1-10-7-8-13-12(9-10)11-5-3-2-4-6-11;1-2-6-10(7-3-1)11-8-4-5-9-12-11;10-9(11,12)8-5-7(14-15-8)6-3-1-2-4-13-6;1-7-6-9(12-11-7)8-4-2-3-5-10-8;1-8(2)9-6-4-3-5-7-9;1-9(2)8-6-4-3-5-7-8;1-4(6)3-5(2)7;;;;;;/h3-4,6-11H,1-2H3;3-6,8-9H,1-2H3;2-7,9H,1H3;2-5,7-9H,1H3;1-6,8-9H;1-5H;2-6H,1H3;2*3-7H,1-2H3;3,6H,1-2H3;;;;;;/q8*-1;;;;;;;;/p+1. The minimum absolute atomic E-state index is 0. The fraction of sp³-hybridized carbons (Fsp3) is 0.133. The van der Waals surface area contributed by atoms with Crippen molar-refractivity contribution in [3.05, 3.63) is 439 Å². The van der Waals surface area contributed by atoms with Crippen LogP contribution >= 0.6 is 7.92 Å². The summed E-state index contributed by atoms with van der Waals surface area (Å²) in [5.41, 5.74) is 22.0. The van der Waals surface area contributed by atoms with E-state index >= 15 is 0 Å². The third kappa shape index (κ3) is 41.4. The van der Waals surface area contributed by atoms with Crippen LogP contribution in [0.3, 0.4) is 0 Å². The number of alkyl halides is 3. The van der Waals surface area contributed by atoms with Crippen molar-refractivity contribution in [1.29, 1.82) is 0 Å². The molecular formula is C105H98F3Ir5N11O2OsP-7. The Hall–Kier alpha value is -10.3. The Morgan fingerprint density at radius 2 is 0.867 bits per heavy atom. The molecule has 1 N–H and O–H groups in total. The van der Waals surface area contributed by atoms with E-state index in [4.69, 9.17) is 10.1 Å². The number of aromatic nitrogens is 11. The van der Waals surface area contributed by atoms with Crippen LogP contribution in [0.25, 0.3) is 90.0 Å². The van der Waals surface area contributed by atoms with Gasteiger partial charge in [-0.2, -0.15) is 36.8 Å². The summed E-state index contributed by atoms with van der Waals surface area (Å²) in [4.78, 5) is 40.0. The number of allylic oxidation sites excluding steroid dienone is 2. The van der Waals surface area contributed by atoms with Crippen LogP contribution in [0.5, 0.6) is 0 Å². The number of pyridine rings is 7. The first-order valence-electron chi connectivity index (χ1n) is 39.3. The van der Waals surface area contributed by atoms with E-state index < -0.39 is 11.9 Å². The molecule has 0 spiro atoms. The molecule has 0 amide bonds. The maximum Gasteiger partial charge on any atom is 0.431 e. The maximum atomic E-state index is 12.2. The van der Waals surface area contributed by atoms with E-state index in [2.05, 4.69) is 265 Å². The first-order valence-corrected chi connectivity index (χ1v) is 41.8. The van der Waals surface area contributed by atoms with E-state index in [1.165, 1.54) is 81.7 Å². The van der Waals surface area contributed by atoms with Crippen LogP contribution in [-0.2, 0) is 131 Å². The largest absolute Gasteiger partial charge is 0.574 e.